The zero-order chi connectivity index (χ0) is 20.8. The summed E-state index contributed by atoms with van der Waals surface area (Å²) >= 11 is -0.809. The summed E-state index contributed by atoms with van der Waals surface area (Å²) in [6.07, 6.45) is 0. The molecule has 1 aromatic carbocycles. The Balaban J connectivity index is 1.52. The molecule has 0 aliphatic carbocycles. The number of carbonyl (C=O) groups is 1. The van der Waals surface area contributed by atoms with Crippen LogP contribution in [0.5, 0.6) is 0 Å². The van der Waals surface area contributed by atoms with Crippen LogP contribution in [0.1, 0.15) is 5.56 Å². The molecule has 2 aromatic heterocycles. The molecule has 3 aromatic rings. The number of pyridine rings is 1. The number of hydrogen-bond acceptors (Lipinski definition) is 6. The normalized spacial score (nSPS) is 15.5. The van der Waals surface area contributed by atoms with Crippen LogP contribution in [-0.2, 0) is 16.1 Å². The fraction of sp³-hybridized carbons (Fsp3) is 0.381. The van der Waals surface area contributed by atoms with Crippen LogP contribution in [0.15, 0.2) is 30.3 Å². The molecular weight excluding hydrogens is 496 g/mol. The molecule has 152 valence electrons. The number of fused-ring (bicyclic) bond motifs is 1. The molecule has 0 unspecified atom stereocenters. The monoisotopic (exact) mass is 521 g/mol. The zero-order valence-electron chi connectivity index (χ0n) is 17.0. The molecule has 1 aliphatic rings. The Morgan fingerprint density at radius 3 is 2.66 bits per heavy atom. The molecule has 0 bridgehead atoms. The van der Waals surface area contributed by atoms with Crippen molar-refractivity contribution in [1.82, 2.24) is 14.9 Å². The summed E-state index contributed by atoms with van der Waals surface area (Å²) in [5, 5.41) is 0.660. The van der Waals surface area contributed by atoms with Crippen LogP contribution >= 0.6 is 11.3 Å². The number of carbonyl (C=O) groups excluding carboxylic acids is 1. The van der Waals surface area contributed by atoms with Crippen molar-refractivity contribution in [2.45, 2.75) is 21.4 Å². The van der Waals surface area contributed by atoms with Gasteiger partial charge in [0.25, 0.3) is 0 Å². The van der Waals surface area contributed by atoms with E-state index in [2.05, 4.69) is 30.8 Å². The topological polar surface area (TPSA) is 55.3 Å². The van der Waals surface area contributed by atoms with E-state index in [0.29, 0.717) is 30.2 Å². The Labute approximate surface area is 177 Å². The number of halogens is 1. The number of likely N-dealkylation sites (tertiary alicyclic amines) is 1. The van der Waals surface area contributed by atoms with Crippen molar-refractivity contribution >= 4 is 49.7 Å². The van der Waals surface area contributed by atoms with Crippen LogP contribution in [-0.4, -0.2) is 59.4 Å². The summed E-state index contributed by atoms with van der Waals surface area (Å²) in [5.74, 6) is -0.519. The Morgan fingerprint density at radius 2 is 2.00 bits per heavy atom. The van der Waals surface area contributed by atoms with E-state index in [-0.39, 0.29) is 17.7 Å². The van der Waals surface area contributed by atoms with Gasteiger partial charge in [-0.2, -0.15) is 0 Å². The Kier molecular flexibility index (Phi) is 5.65. The number of nitrogens with zero attached hydrogens (tertiary/aromatic N) is 3. The van der Waals surface area contributed by atoms with Gasteiger partial charge in [-0.05, 0) is 0 Å². The summed E-state index contributed by atoms with van der Waals surface area (Å²) in [4.78, 5) is 30.9. The molecule has 0 saturated carbocycles. The Hall–Kier alpha value is -1.58. The average Bonchev–Trinajstić information content (AvgIpc) is 3.06. The maximum absolute atomic E-state index is 14.8. The van der Waals surface area contributed by atoms with Gasteiger partial charge < -0.3 is 4.74 Å². The number of methoxy groups -OCH3 is 1. The average molecular weight is 520 g/mol. The van der Waals surface area contributed by atoms with Gasteiger partial charge in [-0.1, -0.05) is 0 Å². The SMILES string of the molecule is COC(=O)C1CN(Cc2ccc(-c3nc4cc[c]([Sn]([CH3])([CH3])[CH3])nc4s3)c(F)c2)C1. The number of hydrogen-bond donors (Lipinski definition) is 0. The van der Waals surface area contributed by atoms with Crippen molar-refractivity contribution in [2.75, 3.05) is 20.2 Å². The van der Waals surface area contributed by atoms with Gasteiger partial charge in [0.1, 0.15) is 0 Å². The van der Waals surface area contributed by atoms with Crippen molar-refractivity contribution < 1.29 is 13.9 Å². The third kappa shape index (κ3) is 4.32. The Morgan fingerprint density at radius 1 is 1.24 bits per heavy atom. The van der Waals surface area contributed by atoms with Crippen LogP contribution in [0.25, 0.3) is 20.9 Å². The van der Waals surface area contributed by atoms with E-state index in [4.69, 9.17) is 9.72 Å². The van der Waals surface area contributed by atoms with E-state index in [1.165, 1.54) is 22.2 Å². The first-order valence-corrected chi connectivity index (χ1v) is 20.4. The van der Waals surface area contributed by atoms with Crippen LogP contribution < -0.4 is 3.71 Å². The van der Waals surface area contributed by atoms with Gasteiger partial charge >= 0.3 is 156 Å². The first kappa shape index (κ1) is 20.7. The number of ether oxygens (including phenoxy) is 1. The quantitative estimate of drug-likeness (QED) is 0.380. The van der Waals surface area contributed by atoms with Crippen LogP contribution in [0.2, 0.25) is 14.8 Å². The van der Waals surface area contributed by atoms with Crippen molar-refractivity contribution in [3.05, 3.63) is 41.7 Å². The van der Waals surface area contributed by atoms with E-state index >= 15 is 0 Å². The molecule has 1 aliphatic heterocycles. The molecular formula is C21H24FN3O2SSn. The van der Waals surface area contributed by atoms with Gasteiger partial charge in [0.15, 0.2) is 0 Å². The molecule has 0 amide bonds. The number of thiazole rings is 1. The Bertz CT molecular complexity index is 1070. The van der Waals surface area contributed by atoms with Crippen LogP contribution in [0, 0.1) is 11.7 Å². The molecule has 0 atom stereocenters. The van der Waals surface area contributed by atoms with E-state index in [1.807, 2.05) is 12.1 Å². The third-order valence-corrected chi connectivity index (χ3v) is 11.4. The summed E-state index contributed by atoms with van der Waals surface area (Å²) in [6, 6.07) is 9.38. The van der Waals surface area contributed by atoms with Gasteiger partial charge in [0.2, 0.25) is 0 Å². The molecule has 4 rings (SSSR count). The molecule has 8 heteroatoms. The number of esters is 1. The molecule has 5 nitrogen and oxygen atoms in total. The molecule has 0 N–H and O–H groups in total. The first-order chi connectivity index (χ1) is 13.7. The minimum absolute atomic E-state index is 0.0676. The third-order valence-electron chi connectivity index (χ3n) is 5.19. The van der Waals surface area contributed by atoms with Gasteiger partial charge in [0, 0.05) is 0 Å². The van der Waals surface area contributed by atoms with E-state index in [0.717, 1.165) is 15.9 Å². The molecule has 29 heavy (non-hydrogen) atoms. The summed E-state index contributed by atoms with van der Waals surface area (Å²) < 4.78 is 20.8. The van der Waals surface area contributed by atoms with Crippen molar-refractivity contribution in [1.29, 1.82) is 0 Å². The van der Waals surface area contributed by atoms with E-state index in [1.54, 1.807) is 12.1 Å². The standard InChI is InChI=1S/C18H15FN3O2S.3CH3.Sn/c1-24-18(23)12-9-22(10-12)8-11-4-5-13(14(19)7-11)16-21-15-3-2-6-20-17(15)25-16;;;;/h2-5,7,12H,8-10H2,1H3;3*1H3;. The maximum atomic E-state index is 14.8. The van der Waals surface area contributed by atoms with Crippen LogP contribution in [0.3, 0.4) is 0 Å². The fourth-order valence-electron chi connectivity index (χ4n) is 3.45. The first-order valence-electron chi connectivity index (χ1n) is 9.61. The number of aromatic nitrogens is 2. The van der Waals surface area contributed by atoms with Gasteiger partial charge in [-0.15, -0.1) is 0 Å². The second kappa shape index (κ2) is 7.92. The second-order valence-electron chi connectivity index (χ2n) is 8.52. The van der Waals surface area contributed by atoms with Crippen molar-refractivity contribution in [3.8, 4) is 10.6 Å². The van der Waals surface area contributed by atoms with Gasteiger partial charge in [-0.25, -0.2) is 0 Å². The molecule has 0 radical (unpaired) electrons. The predicted octanol–water partition coefficient (Wildman–Crippen LogP) is 3.65. The summed E-state index contributed by atoms with van der Waals surface area (Å²) in [6.45, 7) is 1.93. The fourth-order valence-corrected chi connectivity index (χ4v) is 7.59. The summed E-state index contributed by atoms with van der Waals surface area (Å²) in [5.41, 5.74) is 2.22. The second-order valence-corrected chi connectivity index (χ2v) is 23.8. The molecule has 0 spiro atoms. The minimum atomic E-state index is -2.26. The predicted molar refractivity (Wildman–Crippen MR) is 117 cm³/mol. The number of rotatable bonds is 5. The van der Waals surface area contributed by atoms with E-state index in [9.17, 15) is 9.18 Å². The molecule has 1 saturated heterocycles. The van der Waals surface area contributed by atoms with Crippen molar-refractivity contribution in [2.24, 2.45) is 5.92 Å². The van der Waals surface area contributed by atoms with E-state index < -0.39 is 18.4 Å². The molecule has 3 heterocycles. The van der Waals surface area contributed by atoms with Gasteiger partial charge in [0.05, 0.1) is 13.0 Å². The van der Waals surface area contributed by atoms with Crippen LogP contribution in [0.4, 0.5) is 4.39 Å². The van der Waals surface area contributed by atoms with Crippen molar-refractivity contribution in [3.63, 3.8) is 0 Å². The number of benzene rings is 1. The summed E-state index contributed by atoms with van der Waals surface area (Å²) in [7, 11) is 1.41. The molecule has 1 fully saturated rings. The zero-order valence-corrected chi connectivity index (χ0v) is 20.7. The van der Waals surface area contributed by atoms with Gasteiger partial charge in [-0.3, -0.25) is 4.79 Å².